The maximum absolute atomic E-state index is 13.7. The van der Waals surface area contributed by atoms with Crippen molar-refractivity contribution < 1.29 is 28.2 Å². The van der Waals surface area contributed by atoms with Crippen molar-refractivity contribution in [1.29, 1.82) is 0 Å². The van der Waals surface area contributed by atoms with E-state index in [0.717, 1.165) is 0 Å². The highest BCUT2D eigenvalue weighted by Crippen LogP contribution is 2.41. The molecule has 2 aromatic rings. The fourth-order valence-corrected chi connectivity index (χ4v) is 4.14. The van der Waals surface area contributed by atoms with Gasteiger partial charge in [0.05, 0.1) is 18.8 Å². The van der Waals surface area contributed by atoms with Gasteiger partial charge in [-0.15, -0.1) is 0 Å². The van der Waals surface area contributed by atoms with E-state index in [1.54, 1.807) is 45.0 Å². The van der Waals surface area contributed by atoms with E-state index in [1.807, 2.05) is 0 Å². The summed E-state index contributed by atoms with van der Waals surface area (Å²) in [7, 11) is 0. The van der Waals surface area contributed by atoms with Crippen LogP contribution < -0.4 is 4.74 Å². The lowest BCUT2D eigenvalue weighted by molar-refractivity contribution is -0.154. The molecule has 1 heterocycles. The van der Waals surface area contributed by atoms with E-state index < -0.39 is 35.5 Å². The second kappa shape index (κ2) is 9.86. The lowest BCUT2D eigenvalue weighted by Gasteiger charge is -2.31. The molecule has 0 saturated heterocycles. The molecule has 0 fully saturated rings. The Bertz CT molecular complexity index is 951. The molecule has 3 unspecified atom stereocenters. The molecule has 2 aromatic carbocycles. The first-order chi connectivity index (χ1) is 14.8. The number of carbonyl (C=O) groups excluding carboxylic acids is 3. The second-order valence-corrected chi connectivity index (χ2v) is 7.97. The predicted molar refractivity (Wildman–Crippen MR) is 113 cm³/mol. The van der Waals surface area contributed by atoms with Gasteiger partial charge in [-0.05, 0) is 43.2 Å². The van der Waals surface area contributed by atoms with Gasteiger partial charge in [-0.25, -0.2) is 4.39 Å². The van der Waals surface area contributed by atoms with Crippen LogP contribution in [0.1, 0.15) is 49.0 Å². The molecule has 0 N–H and O–H groups in total. The van der Waals surface area contributed by atoms with E-state index in [2.05, 4.69) is 0 Å². The average Bonchev–Trinajstić information content (AvgIpc) is 2.91. The van der Waals surface area contributed by atoms with Crippen LogP contribution >= 0.6 is 0 Å². The molecular formula is C25H27FO5. The third kappa shape index (κ3) is 4.84. The summed E-state index contributed by atoms with van der Waals surface area (Å²) >= 11 is 0. The highest BCUT2D eigenvalue weighted by Gasteiger charge is 2.45. The van der Waals surface area contributed by atoms with Crippen molar-refractivity contribution in [2.75, 3.05) is 13.2 Å². The fourth-order valence-electron chi connectivity index (χ4n) is 4.14. The number of para-hydroxylation sites is 1. The Kier molecular flexibility index (Phi) is 7.21. The van der Waals surface area contributed by atoms with Gasteiger partial charge in [-0.2, -0.15) is 0 Å². The van der Waals surface area contributed by atoms with Crippen molar-refractivity contribution in [3.05, 3.63) is 65.5 Å². The number of fused-ring (bicyclic) bond motifs is 1. The van der Waals surface area contributed by atoms with Crippen molar-refractivity contribution in [2.45, 2.75) is 33.1 Å². The molecular weight excluding hydrogens is 399 g/mol. The third-order valence-electron chi connectivity index (χ3n) is 5.64. The van der Waals surface area contributed by atoms with Crippen molar-refractivity contribution in [1.82, 2.24) is 0 Å². The number of Topliss-reactive ketones (excluding diaryl/α,β-unsaturated/α-hetero) is 2. The van der Waals surface area contributed by atoms with Gasteiger partial charge < -0.3 is 9.47 Å². The molecule has 0 bridgehead atoms. The smallest absolute Gasteiger partial charge is 0.317 e. The van der Waals surface area contributed by atoms with Gasteiger partial charge in [-0.1, -0.05) is 38.1 Å². The first-order valence-corrected chi connectivity index (χ1v) is 10.6. The van der Waals surface area contributed by atoms with Crippen LogP contribution in [-0.4, -0.2) is 30.7 Å². The van der Waals surface area contributed by atoms with Crippen molar-refractivity contribution >= 4 is 17.5 Å². The predicted octanol–water partition coefficient (Wildman–Crippen LogP) is 4.60. The number of hydrogen-bond acceptors (Lipinski definition) is 5. The van der Waals surface area contributed by atoms with Gasteiger partial charge in [-0.3, -0.25) is 14.4 Å². The maximum atomic E-state index is 13.7. The fraction of sp³-hybridized carbons (Fsp3) is 0.400. The number of halogens is 1. The number of ketones is 2. The summed E-state index contributed by atoms with van der Waals surface area (Å²) in [6, 6.07) is 12.6. The van der Waals surface area contributed by atoms with Crippen molar-refractivity contribution in [3.63, 3.8) is 0 Å². The molecule has 0 amide bonds. The normalized spacial score (nSPS) is 17.8. The van der Waals surface area contributed by atoms with Crippen LogP contribution in [0.25, 0.3) is 0 Å². The van der Waals surface area contributed by atoms with Gasteiger partial charge in [0.25, 0.3) is 0 Å². The van der Waals surface area contributed by atoms with Gasteiger partial charge in [0.2, 0.25) is 0 Å². The second-order valence-electron chi connectivity index (χ2n) is 7.97. The number of rotatable bonds is 7. The summed E-state index contributed by atoms with van der Waals surface area (Å²) in [5.74, 6) is -4.24. The number of ether oxygens (including phenoxy) is 2. The monoisotopic (exact) mass is 426 g/mol. The lowest BCUT2D eigenvalue weighted by atomic mass is 9.70. The molecule has 5 nitrogen and oxygen atoms in total. The number of benzene rings is 2. The number of esters is 1. The molecule has 0 aliphatic carbocycles. The molecule has 164 valence electrons. The lowest BCUT2D eigenvalue weighted by Crippen LogP contribution is -2.40. The van der Waals surface area contributed by atoms with Crippen LogP contribution in [0, 0.1) is 23.6 Å². The first-order valence-electron chi connectivity index (χ1n) is 10.6. The largest absolute Gasteiger partial charge is 0.493 e. The zero-order valence-corrected chi connectivity index (χ0v) is 18.0. The van der Waals surface area contributed by atoms with Gasteiger partial charge in [0.1, 0.15) is 23.3 Å². The van der Waals surface area contributed by atoms with Gasteiger partial charge >= 0.3 is 5.97 Å². The van der Waals surface area contributed by atoms with Crippen LogP contribution in [0.5, 0.6) is 5.75 Å². The topological polar surface area (TPSA) is 69.7 Å². The molecule has 1 aliphatic heterocycles. The Morgan fingerprint density at radius 1 is 1.13 bits per heavy atom. The number of carbonyl (C=O) groups is 3. The highest BCUT2D eigenvalue weighted by molar-refractivity contribution is 6.05. The Morgan fingerprint density at radius 3 is 2.45 bits per heavy atom. The van der Waals surface area contributed by atoms with Gasteiger partial charge in [0.15, 0.2) is 5.78 Å². The standard InChI is InChI=1S/C25H27FO5/c1-4-30-25(29)22(23(27)15(2)3)21(16-9-11-17(26)12-10-16)19-13-14-31-20-8-6-5-7-18(20)24(19)28/h5-12,15,19,21-22H,4,13-14H2,1-3H3. The Morgan fingerprint density at radius 2 is 1.81 bits per heavy atom. The van der Waals surface area contributed by atoms with Crippen LogP contribution in [0.2, 0.25) is 0 Å². The molecule has 0 radical (unpaired) electrons. The van der Waals surface area contributed by atoms with Crippen molar-refractivity contribution in [3.8, 4) is 5.75 Å². The Balaban J connectivity index is 2.15. The van der Waals surface area contributed by atoms with E-state index in [0.29, 0.717) is 23.3 Å². The zero-order chi connectivity index (χ0) is 22.5. The third-order valence-corrected chi connectivity index (χ3v) is 5.64. The first kappa shape index (κ1) is 22.7. The molecule has 3 rings (SSSR count). The Labute approximate surface area is 181 Å². The summed E-state index contributed by atoms with van der Waals surface area (Å²) < 4.78 is 24.7. The average molecular weight is 426 g/mol. The van der Waals surface area contributed by atoms with E-state index in [4.69, 9.17) is 9.47 Å². The number of hydrogen-bond donors (Lipinski definition) is 0. The van der Waals surface area contributed by atoms with E-state index >= 15 is 0 Å². The summed E-state index contributed by atoms with van der Waals surface area (Å²) in [5, 5.41) is 0. The summed E-state index contributed by atoms with van der Waals surface area (Å²) in [6.45, 7) is 5.47. The SMILES string of the molecule is CCOC(=O)C(C(=O)C(C)C)C(c1ccc(F)cc1)C1CCOc2ccccc2C1=O. The van der Waals surface area contributed by atoms with Crippen molar-refractivity contribution in [2.24, 2.45) is 17.8 Å². The van der Waals surface area contributed by atoms with Crippen LogP contribution in [-0.2, 0) is 14.3 Å². The van der Waals surface area contributed by atoms with Crippen LogP contribution in [0.4, 0.5) is 4.39 Å². The minimum atomic E-state index is -1.18. The molecule has 3 atom stereocenters. The minimum Gasteiger partial charge on any atom is -0.493 e. The van der Waals surface area contributed by atoms with Crippen LogP contribution in [0.3, 0.4) is 0 Å². The molecule has 0 aromatic heterocycles. The highest BCUT2D eigenvalue weighted by atomic mass is 19.1. The van der Waals surface area contributed by atoms with E-state index in [1.165, 1.54) is 24.3 Å². The zero-order valence-electron chi connectivity index (χ0n) is 18.0. The molecule has 6 heteroatoms. The molecule has 31 heavy (non-hydrogen) atoms. The molecule has 0 spiro atoms. The molecule has 0 saturated carbocycles. The summed E-state index contributed by atoms with van der Waals surface area (Å²) in [5.41, 5.74) is 0.961. The Hall–Kier alpha value is -3.02. The summed E-state index contributed by atoms with van der Waals surface area (Å²) in [6.07, 6.45) is 0.316. The quantitative estimate of drug-likeness (QED) is 0.478. The minimum absolute atomic E-state index is 0.113. The van der Waals surface area contributed by atoms with E-state index in [-0.39, 0.29) is 24.8 Å². The molecule has 1 aliphatic rings. The van der Waals surface area contributed by atoms with E-state index in [9.17, 15) is 18.8 Å². The summed E-state index contributed by atoms with van der Waals surface area (Å²) in [4.78, 5) is 39.8. The van der Waals surface area contributed by atoms with Crippen LogP contribution in [0.15, 0.2) is 48.5 Å². The maximum Gasteiger partial charge on any atom is 0.317 e. The van der Waals surface area contributed by atoms with Gasteiger partial charge in [0, 0.05) is 17.8 Å².